The molecule has 0 amide bonds. The molecule has 0 bridgehead atoms. The SMILES string of the molecule is CCC(C)c1ccc(S(=O)(=O)NC2CNCCC2C)cc1. The summed E-state index contributed by atoms with van der Waals surface area (Å²) in [7, 11) is -3.43. The zero-order valence-electron chi connectivity index (χ0n) is 13.1. The van der Waals surface area contributed by atoms with Crippen LogP contribution in [0, 0.1) is 5.92 Å². The maximum absolute atomic E-state index is 12.5. The molecule has 118 valence electrons. The summed E-state index contributed by atoms with van der Waals surface area (Å²) in [5.74, 6) is 0.817. The largest absolute Gasteiger partial charge is 0.315 e. The summed E-state index contributed by atoms with van der Waals surface area (Å²) in [5.41, 5.74) is 1.18. The highest BCUT2D eigenvalue weighted by atomic mass is 32.2. The van der Waals surface area contributed by atoms with Crippen LogP contribution < -0.4 is 10.0 Å². The number of hydrogen-bond acceptors (Lipinski definition) is 3. The van der Waals surface area contributed by atoms with Gasteiger partial charge in [0.25, 0.3) is 0 Å². The molecule has 3 atom stereocenters. The zero-order chi connectivity index (χ0) is 15.5. The van der Waals surface area contributed by atoms with Crippen LogP contribution in [0.25, 0.3) is 0 Å². The van der Waals surface area contributed by atoms with E-state index in [0.29, 0.717) is 23.3 Å². The Bertz CT molecular complexity index is 554. The minimum Gasteiger partial charge on any atom is -0.315 e. The summed E-state index contributed by atoms with van der Waals surface area (Å²) in [5, 5.41) is 3.24. The number of nitrogens with one attached hydrogen (secondary N) is 2. The number of hydrogen-bond donors (Lipinski definition) is 2. The Hall–Kier alpha value is -0.910. The fourth-order valence-electron chi connectivity index (χ4n) is 2.63. The van der Waals surface area contributed by atoms with Crippen molar-refractivity contribution in [1.82, 2.24) is 10.0 Å². The van der Waals surface area contributed by atoms with Gasteiger partial charge in [0.05, 0.1) is 4.90 Å². The van der Waals surface area contributed by atoms with Crippen LogP contribution in [-0.2, 0) is 10.0 Å². The number of benzene rings is 1. The first-order valence-corrected chi connectivity index (χ1v) is 9.25. The summed E-state index contributed by atoms with van der Waals surface area (Å²) >= 11 is 0. The van der Waals surface area contributed by atoms with Crippen LogP contribution in [-0.4, -0.2) is 27.5 Å². The van der Waals surface area contributed by atoms with Gasteiger partial charge in [-0.25, -0.2) is 13.1 Å². The molecule has 1 aromatic carbocycles. The lowest BCUT2D eigenvalue weighted by molar-refractivity contribution is 0.327. The van der Waals surface area contributed by atoms with E-state index in [1.54, 1.807) is 12.1 Å². The lowest BCUT2D eigenvalue weighted by Crippen LogP contribution is -2.50. The highest BCUT2D eigenvalue weighted by molar-refractivity contribution is 7.89. The first-order valence-electron chi connectivity index (χ1n) is 7.77. The van der Waals surface area contributed by atoms with Crippen molar-refractivity contribution in [2.45, 2.75) is 50.5 Å². The molecule has 4 nitrogen and oxygen atoms in total. The van der Waals surface area contributed by atoms with Crippen LogP contribution in [0.1, 0.15) is 45.1 Å². The van der Waals surface area contributed by atoms with Gasteiger partial charge >= 0.3 is 0 Å². The first-order chi connectivity index (χ1) is 9.94. The van der Waals surface area contributed by atoms with Crippen molar-refractivity contribution in [1.29, 1.82) is 0 Å². The number of sulfonamides is 1. The Morgan fingerprint density at radius 1 is 1.33 bits per heavy atom. The van der Waals surface area contributed by atoms with E-state index in [9.17, 15) is 8.42 Å². The molecule has 0 saturated carbocycles. The van der Waals surface area contributed by atoms with E-state index in [0.717, 1.165) is 19.4 Å². The molecular formula is C16H26N2O2S. The molecular weight excluding hydrogens is 284 g/mol. The normalized spacial score (nSPS) is 24.7. The maximum Gasteiger partial charge on any atom is 0.240 e. The Kier molecular flexibility index (Phi) is 5.41. The van der Waals surface area contributed by atoms with E-state index in [2.05, 4.69) is 30.8 Å². The predicted molar refractivity (Wildman–Crippen MR) is 85.9 cm³/mol. The average molecular weight is 310 g/mol. The fourth-order valence-corrected chi connectivity index (χ4v) is 3.97. The molecule has 2 N–H and O–H groups in total. The van der Waals surface area contributed by atoms with Crippen molar-refractivity contribution in [3.8, 4) is 0 Å². The predicted octanol–water partition coefficient (Wildman–Crippen LogP) is 2.48. The fraction of sp³-hybridized carbons (Fsp3) is 0.625. The number of piperidine rings is 1. The summed E-state index contributed by atoms with van der Waals surface area (Å²) in [6.45, 7) is 8.04. The van der Waals surface area contributed by atoms with Crippen molar-refractivity contribution >= 4 is 10.0 Å². The molecule has 21 heavy (non-hydrogen) atoms. The van der Waals surface area contributed by atoms with Crippen molar-refractivity contribution in [3.63, 3.8) is 0 Å². The molecule has 1 heterocycles. The first kappa shape index (κ1) is 16.5. The van der Waals surface area contributed by atoms with E-state index in [1.807, 2.05) is 12.1 Å². The van der Waals surface area contributed by atoms with Crippen molar-refractivity contribution < 1.29 is 8.42 Å². The van der Waals surface area contributed by atoms with Crippen molar-refractivity contribution in [2.75, 3.05) is 13.1 Å². The van der Waals surface area contributed by atoms with E-state index in [4.69, 9.17) is 0 Å². The minimum absolute atomic E-state index is 0.0296. The zero-order valence-corrected chi connectivity index (χ0v) is 13.9. The molecule has 0 spiro atoms. The average Bonchev–Trinajstić information content (AvgIpc) is 2.49. The van der Waals surface area contributed by atoms with Gasteiger partial charge in [-0.2, -0.15) is 0 Å². The molecule has 0 aliphatic carbocycles. The second-order valence-corrected chi connectivity index (χ2v) is 7.79. The molecule has 1 saturated heterocycles. The van der Waals surface area contributed by atoms with Crippen LogP contribution in [0.3, 0.4) is 0 Å². The molecule has 2 rings (SSSR count). The monoisotopic (exact) mass is 310 g/mol. The van der Waals surface area contributed by atoms with Gasteiger partial charge in [0.2, 0.25) is 10.0 Å². The topological polar surface area (TPSA) is 58.2 Å². The Balaban J connectivity index is 2.12. The smallest absolute Gasteiger partial charge is 0.240 e. The van der Waals surface area contributed by atoms with E-state index < -0.39 is 10.0 Å². The van der Waals surface area contributed by atoms with Crippen LogP contribution in [0.15, 0.2) is 29.2 Å². The second kappa shape index (κ2) is 6.90. The van der Waals surface area contributed by atoms with Crippen molar-refractivity contribution in [3.05, 3.63) is 29.8 Å². The minimum atomic E-state index is -3.43. The summed E-state index contributed by atoms with van der Waals surface area (Å²) < 4.78 is 27.7. The van der Waals surface area contributed by atoms with Gasteiger partial charge in [-0.3, -0.25) is 0 Å². The highest BCUT2D eigenvalue weighted by Crippen LogP contribution is 2.21. The van der Waals surface area contributed by atoms with Gasteiger partial charge in [0.1, 0.15) is 0 Å². The Morgan fingerprint density at radius 3 is 2.57 bits per heavy atom. The van der Waals surface area contributed by atoms with E-state index in [1.165, 1.54) is 5.56 Å². The molecule has 1 aromatic rings. The summed E-state index contributed by atoms with van der Waals surface area (Å²) in [6, 6.07) is 7.24. The molecule has 0 radical (unpaired) electrons. The summed E-state index contributed by atoms with van der Waals surface area (Å²) in [4.78, 5) is 0.354. The molecule has 3 unspecified atom stereocenters. The van der Waals surface area contributed by atoms with Crippen LogP contribution >= 0.6 is 0 Å². The van der Waals surface area contributed by atoms with Crippen LogP contribution in [0.4, 0.5) is 0 Å². The third-order valence-corrected chi connectivity index (χ3v) is 6.01. The highest BCUT2D eigenvalue weighted by Gasteiger charge is 2.26. The maximum atomic E-state index is 12.5. The van der Waals surface area contributed by atoms with Gasteiger partial charge in [0.15, 0.2) is 0 Å². The number of rotatable bonds is 5. The van der Waals surface area contributed by atoms with Crippen LogP contribution in [0.5, 0.6) is 0 Å². The molecule has 1 aliphatic heterocycles. The Labute approximate surface area is 128 Å². The third kappa shape index (κ3) is 4.05. The third-order valence-electron chi connectivity index (χ3n) is 4.51. The lowest BCUT2D eigenvalue weighted by atomic mass is 9.96. The standard InChI is InChI=1S/C16H26N2O2S/c1-4-12(2)14-5-7-15(8-6-14)21(19,20)18-16-11-17-10-9-13(16)3/h5-8,12-13,16-18H,4,9-11H2,1-3H3. The summed E-state index contributed by atoms with van der Waals surface area (Å²) in [6.07, 6.45) is 2.05. The van der Waals surface area contributed by atoms with Crippen molar-refractivity contribution in [2.24, 2.45) is 5.92 Å². The lowest BCUT2D eigenvalue weighted by Gasteiger charge is -2.30. The quantitative estimate of drug-likeness (QED) is 0.878. The molecule has 0 aromatic heterocycles. The van der Waals surface area contributed by atoms with E-state index in [-0.39, 0.29) is 6.04 Å². The van der Waals surface area contributed by atoms with Gasteiger partial charge in [-0.1, -0.05) is 32.9 Å². The van der Waals surface area contributed by atoms with Gasteiger partial charge in [-0.05, 0) is 48.9 Å². The Morgan fingerprint density at radius 2 is 2.00 bits per heavy atom. The van der Waals surface area contributed by atoms with Gasteiger partial charge < -0.3 is 5.32 Å². The molecule has 5 heteroatoms. The second-order valence-electron chi connectivity index (χ2n) is 6.08. The van der Waals surface area contributed by atoms with Gasteiger partial charge in [-0.15, -0.1) is 0 Å². The van der Waals surface area contributed by atoms with Crippen LogP contribution in [0.2, 0.25) is 0 Å². The molecule has 1 fully saturated rings. The van der Waals surface area contributed by atoms with Gasteiger partial charge in [0, 0.05) is 12.6 Å². The molecule has 1 aliphatic rings. The van der Waals surface area contributed by atoms with E-state index >= 15 is 0 Å².